The molecule has 3 aliphatic rings. The number of nitrogens with zero attached hydrogens (tertiary/aromatic N) is 4. The number of fused-ring (bicyclic) bond motifs is 8. The van der Waals surface area contributed by atoms with E-state index < -0.39 is 5.97 Å². The summed E-state index contributed by atoms with van der Waals surface area (Å²) in [6.07, 6.45) is 4.59. The van der Waals surface area contributed by atoms with Crippen LogP contribution >= 0.6 is 0 Å². The van der Waals surface area contributed by atoms with Crippen molar-refractivity contribution in [3.63, 3.8) is 0 Å². The van der Waals surface area contributed by atoms with E-state index in [4.69, 9.17) is 29.0 Å². The molecule has 47 heavy (non-hydrogen) atoms. The lowest BCUT2D eigenvalue weighted by Gasteiger charge is -2.41. The Bertz CT molecular complexity index is 1770. The fourth-order valence-corrected chi connectivity index (χ4v) is 6.58. The normalized spacial score (nSPS) is 20.0. The number of anilines is 1. The molecule has 0 saturated carbocycles. The number of ether oxygens (including phenoxy) is 4. The van der Waals surface area contributed by atoms with E-state index in [2.05, 4.69) is 24.8 Å². The first-order valence-electron chi connectivity index (χ1n) is 16.6. The van der Waals surface area contributed by atoms with Crippen LogP contribution in [-0.4, -0.2) is 71.7 Å². The van der Waals surface area contributed by atoms with Crippen molar-refractivity contribution in [2.75, 3.05) is 38.3 Å². The molecule has 0 unspecified atom stereocenters. The van der Waals surface area contributed by atoms with Crippen molar-refractivity contribution in [3.05, 3.63) is 65.4 Å². The van der Waals surface area contributed by atoms with E-state index in [1.165, 1.54) is 7.11 Å². The second-order valence-corrected chi connectivity index (χ2v) is 12.8. The van der Waals surface area contributed by atoms with Gasteiger partial charge in [-0.05, 0) is 89.6 Å². The summed E-state index contributed by atoms with van der Waals surface area (Å²) in [6.45, 7) is 10.6. The maximum absolute atomic E-state index is 12.8. The van der Waals surface area contributed by atoms with Crippen molar-refractivity contribution in [2.45, 2.75) is 77.9 Å². The Labute approximate surface area is 276 Å². The smallest absolute Gasteiger partial charge is 0.337 e. The van der Waals surface area contributed by atoms with E-state index in [0.717, 1.165) is 84.7 Å². The Hall–Kier alpha value is -4.44. The van der Waals surface area contributed by atoms with Crippen LogP contribution in [0.15, 0.2) is 48.5 Å². The van der Waals surface area contributed by atoms with Gasteiger partial charge < -0.3 is 23.8 Å². The molecule has 0 aliphatic carbocycles. The maximum Gasteiger partial charge on any atom is 0.337 e. The number of hydrogen-bond donors (Lipinski definition) is 0. The highest BCUT2D eigenvalue weighted by atomic mass is 16.5. The molecule has 6 bridgehead atoms. The SMILES string of the molecule is CCOC(=O)Cc1c(C)nc2cc3nn2c1N1CCC(C)(CC1)OCCCC[C@H](C)Oc1ccc(C(=O)OC)cc1-c1cccc-3c1. The van der Waals surface area contributed by atoms with Crippen molar-refractivity contribution in [1.82, 2.24) is 14.6 Å². The zero-order valence-electron chi connectivity index (χ0n) is 28.0. The molecule has 0 amide bonds. The number of rotatable bonds is 4. The third kappa shape index (κ3) is 6.98. The molecule has 10 heteroatoms. The van der Waals surface area contributed by atoms with Gasteiger partial charge in [0.2, 0.25) is 0 Å². The van der Waals surface area contributed by atoms with Crippen molar-refractivity contribution in [3.8, 4) is 28.1 Å². The summed E-state index contributed by atoms with van der Waals surface area (Å²) in [5.41, 5.74) is 5.83. The number of piperidine rings is 1. The van der Waals surface area contributed by atoms with Gasteiger partial charge in [-0.15, -0.1) is 0 Å². The summed E-state index contributed by atoms with van der Waals surface area (Å²) < 4.78 is 25.2. The van der Waals surface area contributed by atoms with Gasteiger partial charge in [-0.3, -0.25) is 4.79 Å². The van der Waals surface area contributed by atoms with Crippen molar-refractivity contribution < 1.29 is 28.5 Å². The van der Waals surface area contributed by atoms with E-state index in [0.29, 0.717) is 30.2 Å². The van der Waals surface area contributed by atoms with Gasteiger partial charge in [-0.1, -0.05) is 18.2 Å². The van der Waals surface area contributed by atoms with Crippen LogP contribution in [0.4, 0.5) is 5.82 Å². The van der Waals surface area contributed by atoms with E-state index in [9.17, 15) is 9.59 Å². The van der Waals surface area contributed by atoms with Crippen LogP contribution in [0.25, 0.3) is 28.0 Å². The molecule has 0 N–H and O–H groups in total. The molecule has 0 radical (unpaired) electrons. The Morgan fingerprint density at radius 3 is 2.62 bits per heavy atom. The average molecular weight is 641 g/mol. The Kier molecular flexibility index (Phi) is 9.50. The molecule has 1 atom stereocenters. The molecule has 7 rings (SSSR count). The first-order valence-corrected chi connectivity index (χ1v) is 16.6. The van der Waals surface area contributed by atoms with Crippen LogP contribution in [-0.2, 0) is 25.4 Å². The predicted octanol–water partition coefficient (Wildman–Crippen LogP) is 6.59. The predicted molar refractivity (Wildman–Crippen MR) is 180 cm³/mol. The number of benzene rings is 2. The number of aromatic nitrogens is 3. The standard InChI is InChI=1S/C37H44N4O6/c1-6-45-34(42)22-29-25(3)38-33-23-31-27-12-9-11-26(20-27)30-21-28(36(43)44-5)13-14-32(30)47-24(2)10-7-8-19-46-37(4)15-17-40(18-16-37)35(29)41(33)39-31/h9,11-14,20-21,23-24H,6-8,10,15-19,22H2,1-5H3/t24-/m0/s1. The highest BCUT2D eigenvalue weighted by Crippen LogP contribution is 2.37. The van der Waals surface area contributed by atoms with Crippen LogP contribution in [0.5, 0.6) is 5.75 Å². The van der Waals surface area contributed by atoms with E-state index in [1.54, 1.807) is 6.07 Å². The molecule has 0 spiro atoms. The molecular weight excluding hydrogens is 596 g/mol. The summed E-state index contributed by atoms with van der Waals surface area (Å²) in [6, 6.07) is 15.5. The highest BCUT2D eigenvalue weighted by molar-refractivity contribution is 5.92. The average Bonchev–Trinajstić information content (AvgIpc) is 3.48. The van der Waals surface area contributed by atoms with Gasteiger partial charge in [0.15, 0.2) is 5.65 Å². The molecule has 10 nitrogen and oxygen atoms in total. The molecule has 2 aromatic heterocycles. The topological polar surface area (TPSA) is 104 Å². The fourth-order valence-electron chi connectivity index (χ4n) is 6.58. The minimum Gasteiger partial charge on any atom is -0.490 e. The number of hydrogen-bond acceptors (Lipinski definition) is 9. The Morgan fingerprint density at radius 1 is 1.06 bits per heavy atom. The maximum atomic E-state index is 12.8. The number of carbonyl (C=O) groups excluding carboxylic acids is 2. The summed E-state index contributed by atoms with van der Waals surface area (Å²) >= 11 is 0. The number of aryl methyl sites for hydroxylation is 1. The summed E-state index contributed by atoms with van der Waals surface area (Å²) in [4.78, 5) is 32.5. The summed E-state index contributed by atoms with van der Waals surface area (Å²) in [5, 5.41) is 5.10. The van der Waals surface area contributed by atoms with Crippen molar-refractivity contribution >= 4 is 23.4 Å². The minimum absolute atomic E-state index is 0.0275. The lowest BCUT2D eigenvalue weighted by molar-refractivity contribution is -0.142. The summed E-state index contributed by atoms with van der Waals surface area (Å²) in [7, 11) is 1.38. The van der Waals surface area contributed by atoms with Gasteiger partial charge in [-0.2, -0.15) is 9.61 Å². The highest BCUT2D eigenvalue weighted by Gasteiger charge is 2.34. The Morgan fingerprint density at radius 2 is 1.85 bits per heavy atom. The van der Waals surface area contributed by atoms with Gasteiger partial charge in [0.25, 0.3) is 0 Å². The number of esters is 2. The molecule has 1 saturated heterocycles. The largest absolute Gasteiger partial charge is 0.490 e. The van der Waals surface area contributed by atoms with E-state index >= 15 is 0 Å². The second-order valence-electron chi connectivity index (χ2n) is 12.8. The summed E-state index contributed by atoms with van der Waals surface area (Å²) in [5.74, 6) is 0.874. The second kappa shape index (κ2) is 13.7. The number of carbonyl (C=O) groups is 2. The van der Waals surface area contributed by atoms with Crippen LogP contribution in [0.2, 0.25) is 0 Å². The van der Waals surface area contributed by atoms with Gasteiger partial charge >= 0.3 is 11.9 Å². The lowest BCUT2D eigenvalue weighted by Crippen LogP contribution is -2.45. The molecule has 4 aromatic rings. The zero-order chi connectivity index (χ0) is 33.1. The van der Waals surface area contributed by atoms with Gasteiger partial charge in [0.1, 0.15) is 11.6 Å². The third-order valence-corrected chi connectivity index (χ3v) is 9.28. The first kappa shape index (κ1) is 32.5. The lowest BCUT2D eigenvalue weighted by atomic mass is 9.92. The molecule has 248 valence electrons. The Balaban J connectivity index is 1.50. The van der Waals surface area contributed by atoms with Crippen molar-refractivity contribution in [2.24, 2.45) is 0 Å². The van der Waals surface area contributed by atoms with Crippen LogP contribution in [0.3, 0.4) is 0 Å². The molecule has 2 aromatic carbocycles. The van der Waals surface area contributed by atoms with Crippen LogP contribution < -0.4 is 9.64 Å². The fraction of sp³-hybridized carbons (Fsp3) is 0.459. The zero-order valence-corrected chi connectivity index (χ0v) is 28.0. The van der Waals surface area contributed by atoms with Crippen LogP contribution in [0.1, 0.15) is 74.5 Å². The molecule has 3 aliphatic heterocycles. The molecule has 5 heterocycles. The van der Waals surface area contributed by atoms with Gasteiger partial charge in [-0.25, -0.2) is 9.78 Å². The minimum atomic E-state index is -0.408. The van der Waals surface area contributed by atoms with Gasteiger partial charge in [0, 0.05) is 48.1 Å². The third-order valence-electron chi connectivity index (χ3n) is 9.28. The molecular formula is C37H44N4O6. The monoisotopic (exact) mass is 640 g/mol. The van der Waals surface area contributed by atoms with E-state index in [-0.39, 0.29) is 24.1 Å². The van der Waals surface area contributed by atoms with Crippen molar-refractivity contribution in [1.29, 1.82) is 0 Å². The van der Waals surface area contributed by atoms with E-state index in [1.807, 2.05) is 54.8 Å². The first-order chi connectivity index (χ1) is 22.7. The number of methoxy groups -OCH3 is 1. The molecule has 1 fully saturated rings. The quantitative estimate of drug-likeness (QED) is 0.229. The van der Waals surface area contributed by atoms with Gasteiger partial charge in [0.05, 0.1) is 43.1 Å². The van der Waals surface area contributed by atoms with Crippen LogP contribution in [0, 0.1) is 6.92 Å².